The topological polar surface area (TPSA) is 38.8 Å². The minimum Gasteiger partial charge on any atom is -0.493 e. The van der Waals surface area contributed by atoms with Crippen molar-refractivity contribution in [3.63, 3.8) is 0 Å². The van der Waals surface area contributed by atoms with Crippen LogP contribution >= 0.6 is 0 Å². The van der Waals surface area contributed by atoms with Crippen LogP contribution in [0.4, 0.5) is 4.39 Å². The lowest BCUT2D eigenvalue weighted by atomic mass is 10.1. The van der Waals surface area contributed by atoms with Crippen LogP contribution in [0.5, 0.6) is 17.2 Å². The molecule has 1 saturated carbocycles. The Labute approximate surface area is 175 Å². The molecule has 1 fully saturated rings. The number of ether oxygens (including phenoxy) is 2. The van der Waals surface area contributed by atoms with E-state index in [1.165, 1.54) is 38.2 Å². The number of amides is 1. The summed E-state index contributed by atoms with van der Waals surface area (Å²) in [6, 6.07) is 21.1. The smallest absolute Gasteiger partial charge is 0.254 e. The van der Waals surface area contributed by atoms with Gasteiger partial charge in [0.25, 0.3) is 5.91 Å². The number of benzene rings is 3. The summed E-state index contributed by atoms with van der Waals surface area (Å²) in [5, 5.41) is 0. The number of carbonyl (C=O) groups excluding carboxylic acids is 1. The minimum absolute atomic E-state index is 0.000592. The molecule has 0 atom stereocenters. The van der Waals surface area contributed by atoms with E-state index < -0.39 is 5.82 Å². The van der Waals surface area contributed by atoms with Gasteiger partial charge in [0.1, 0.15) is 11.6 Å². The third kappa shape index (κ3) is 4.98. The predicted octanol–water partition coefficient (Wildman–Crippen LogP) is 5.68. The number of hydrogen-bond acceptors (Lipinski definition) is 3. The highest BCUT2D eigenvalue weighted by Gasteiger charge is 2.27. The molecule has 0 aromatic heterocycles. The molecule has 3 aromatic rings. The van der Waals surface area contributed by atoms with Gasteiger partial charge in [-0.3, -0.25) is 4.79 Å². The van der Waals surface area contributed by atoms with E-state index in [0.29, 0.717) is 29.5 Å². The molecule has 154 valence electrons. The van der Waals surface area contributed by atoms with Gasteiger partial charge in [-0.25, -0.2) is 4.39 Å². The van der Waals surface area contributed by atoms with Crippen molar-refractivity contribution in [1.82, 2.24) is 4.90 Å². The molecule has 1 amide bonds. The number of halogens is 1. The standard InChI is InChI=1S/C25H24FNO3/c1-29-23-14-11-21(26)15-24(23)30-22-12-9-20(10-13-22)25(28)27(17-19-7-8-19)16-18-5-3-2-4-6-18/h2-6,9-15,19H,7-8,16-17H2,1H3. The molecule has 3 aromatic carbocycles. The van der Waals surface area contributed by atoms with Gasteiger partial charge in [0, 0.05) is 24.7 Å². The largest absolute Gasteiger partial charge is 0.493 e. The van der Waals surface area contributed by atoms with Crippen LogP contribution < -0.4 is 9.47 Å². The lowest BCUT2D eigenvalue weighted by Gasteiger charge is -2.23. The third-order valence-corrected chi connectivity index (χ3v) is 5.13. The van der Waals surface area contributed by atoms with Crippen LogP contribution in [0.2, 0.25) is 0 Å². The van der Waals surface area contributed by atoms with E-state index in [4.69, 9.17) is 9.47 Å². The highest BCUT2D eigenvalue weighted by Crippen LogP contribution is 2.33. The fourth-order valence-electron chi connectivity index (χ4n) is 3.34. The summed E-state index contributed by atoms with van der Waals surface area (Å²) in [5.41, 5.74) is 1.72. The predicted molar refractivity (Wildman–Crippen MR) is 113 cm³/mol. The first kappa shape index (κ1) is 20.0. The monoisotopic (exact) mass is 405 g/mol. The molecule has 5 heteroatoms. The fourth-order valence-corrected chi connectivity index (χ4v) is 3.34. The van der Waals surface area contributed by atoms with Crippen molar-refractivity contribution in [2.24, 2.45) is 5.92 Å². The Morgan fingerprint density at radius 3 is 2.40 bits per heavy atom. The van der Waals surface area contributed by atoms with Gasteiger partial charge in [-0.2, -0.15) is 0 Å². The Hall–Kier alpha value is -3.34. The van der Waals surface area contributed by atoms with Crippen molar-refractivity contribution in [1.29, 1.82) is 0 Å². The Morgan fingerprint density at radius 2 is 1.73 bits per heavy atom. The molecular weight excluding hydrogens is 381 g/mol. The molecule has 0 N–H and O–H groups in total. The maximum Gasteiger partial charge on any atom is 0.254 e. The highest BCUT2D eigenvalue weighted by molar-refractivity contribution is 5.94. The van der Waals surface area contributed by atoms with Crippen LogP contribution in [0, 0.1) is 11.7 Å². The Morgan fingerprint density at radius 1 is 1.00 bits per heavy atom. The molecule has 0 bridgehead atoms. The van der Waals surface area contributed by atoms with Crippen molar-refractivity contribution in [2.45, 2.75) is 19.4 Å². The van der Waals surface area contributed by atoms with E-state index in [1.54, 1.807) is 24.3 Å². The fraction of sp³-hybridized carbons (Fsp3) is 0.240. The van der Waals surface area contributed by atoms with Crippen molar-refractivity contribution in [3.05, 3.63) is 89.7 Å². The van der Waals surface area contributed by atoms with E-state index in [1.807, 2.05) is 35.2 Å². The van der Waals surface area contributed by atoms with E-state index in [0.717, 1.165) is 12.1 Å². The second-order valence-electron chi connectivity index (χ2n) is 7.54. The second-order valence-corrected chi connectivity index (χ2v) is 7.54. The van der Waals surface area contributed by atoms with Gasteiger partial charge in [0.15, 0.2) is 11.5 Å². The summed E-state index contributed by atoms with van der Waals surface area (Å²) in [7, 11) is 1.50. The average Bonchev–Trinajstić information content (AvgIpc) is 3.58. The van der Waals surface area contributed by atoms with Crippen molar-refractivity contribution >= 4 is 5.91 Å². The zero-order valence-electron chi connectivity index (χ0n) is 16.9. The second kappa shape index (κ2) is 8.99. The van der Waals surface area contributed by atoms with Crippen LogP contribution in [0.3, 0.4) is 0 Å². The molecule has 0 spiro atoms. The van der Waals surface area contributed by atoms with E-state index in [-0.39, 0.29) is 11.7 Å². The van der Waals surface area contributed by atoms with E-state index in [9.17, 15) is 9.18 Å². The Bertz CT molecular complexity index is 1000. The zero-order valence-corrected chi connectivity index (χ0v) is 16.9. The summed E-state index contributed by atoms with van der Waals surface area (Å²) >= 11 is 0. The van der Waals surface area contributed by atoms with Crippen molar-refractivity contribution < 1.29 is 18.7 Å². The number of hydrogen-bond donors (Lipinski definition) is 0. The van der Waals surface area contributed by atoms with Gasteiger partial charge < -0.3 is 14.4 Å². The van der Waals surface area contributed by atoms with E-state index >= 15 is 0 Å². The average molecular weight is 405 g/mol. The molecular formula is C25H24FNO3. The summed E-state index contributed by atoms with van der Waals surface area (Å²) in [6.07, 6.45) is 2.36. The molecule has 0 saturated heterocycles. The SMILES string of the molecule is COc1ccc(F)cc1Oc1ccc(C(=O)N(Cc2ccccc2)CC2CC2)cc1. The van der Waals surface area contributed by atoms with E-state index in [2.05, 4.69) is 0 Å². The summed E-state index contributed by atoms with van der Waals surface area (Å²) in [4.78, 5) is 15.1. The van der Waals surface area contributed by atoms with Crippen LogP contribution in [0.1, 0.15) is 28.8 Å². The van der Waals surface area contributed by atoms with Crippen molar-refractivity contribution in [2.75, 3.05) is 13.7 Å². The van der Waals surface area contributed by atoms with Crippen LogP contribution in [0.15, 0.2) is 72.8 Å². The summed E-state index contributed by atoms with van der Waals surface area (Å²) < 4.78 is 24.5. The van der Waals surface area contributed by atoms with Gasteiger partial charge in [-0.1, -0.05) is 30.3 Å². The van der Waals surface area contributed by atoms with Gasteiger partial charge in [0.05, 0.1) is 7.11 Å². The summed E-state index contributed by atoms with van der Waals surface area (Å²) in [6.45, 7) is 1.36. The minimum atomic E-state index is -0.408. The number of rotatable bonds is 8. The van der Waals surface area contributed by atoms with Gasteiger partial charge in [-0.05, 0) is 60.7 Å². The van der Waals surface area contributed by atoms with Gasteiger partial charge >= 0.3 is 0 Å². The van der Waals surface area contributed by atoms with Crippen molar-refractivity contribution in [3.8, 4) is 17.2 Å². The first-order valence-corrected chi connectivity index (χ1v) is 10.1. The molecule has 4 rings (SSSR count). The molecule has 1 aliphatic rings. The molecule has 1 aliphatic carbocycles. The van der Waals surface area contributed by atoms with Crippen LogP contribution in [-0.4, -0.2) is 24.5 Å². The molecule has 0 unspecified atom stereocenters. The quantitative estimate of drug-likeness (QED) is 0.484. The first-order chi connectivity index (χ1) is 14.6. The lowest BCUT2D eigenvalue weighted by Crippen LogP contribution is -2.32. The molecule has 0 aliphatic heterocycles. The number of carbonyl (C=O) groups is 1. The van der Waals surface area contributed by atoms with Crippen LogP contribution in [0.25, 0.3) is 0 Å². The number of nitrogens with zero attached hydrogens (tertiary/aromatic N) is 1. The number of methoxy groups -OCH3 is 1. The highest BCUT2D eigenvalue weighted by atomic mass is 19.1. The Balaban J connectivity index is 1.49. The van der Waals surface area contributed by atoms with Crippen LogP contribution in [-0.2, 0) is 6.54 Å². The molecule has 0 radical (unpaired) electrons. The third-order valence-electron chi connectivity index (χ3n) is 5.13. The molecule has 0 heterocycles. The summed E-state index contributed by atoms with van der Waals surface area (Å²) in [5.74, 6) is 1.42. The lowest BCUT2D eigenvalue weighted by molar-refractivity contribution is 0.0735. The maximum atomic E-state index is 13.5. The normalized spacial score (nSPS) is 13.0. The Kier molecular flexibility index (Phi) is 5.98. The first-order valence-electron chi connectivity index (χ1n) is 10.1. The van der Waals surface area contributed by atoms with Gasteiger partial charge in [0.2, 0.25) is 0 Å². The zero-order chi connectivity index (χ0) is 20.9. The molecule has 4 nitrogen and oxygen atoms in total. The van der Waals surface area contributed by atoms with Gasteiger partial charge in [-0.15, -0.1) is 0 Å². The maximum absolute atomic E-state index is 13.5. The molecule has 30 heavy (non-hydrogen) atoms.